The number of rotatable bonds is 6. The zero-order valence-electron chi connectivity index (χ0n) is 13.7. The summed E-state index contributed by atoms with van der Waals surface area (Å²) >= 11 is 0. The van der Waals surface area contributed by atoms with E-state index in [0.717, 1.165) is 24.5 Å². The number of hydrogen-bond donors (Lipinski definition) is 0. The second-order valence-electron chi connectivity index (χ2n) is 5.64. The molecule has 0 N–H and O–H groups in total. The van der Waals surface area contributed by atoms with Gasteiger partial charge >= 0.3 is 0 Å². The van der Waals surface area contributed by atoms with Crippen LogP contribution < -0.4 is 4.74 Å². The van der Waals surface area contributed by atoms with E-state index in [4.69, 9.17) is 4.74 Å². The standard InChI is InChI=1S/C17H21N5O/c1-20(11-14-10-19-21(2)12-14)13-15-9-16(23-3)5-6-17(15)22-8-4-7-18-22/h4-10,12H,11,13H2,1-3H3. The van der Waals surface area contributed by atoms with E-state index < -0.39 is 0 Å². The molecule has 2 heterocycles. The van der Waals surface area contributed by atoms with E-state index in [-0.39, 0.29) is 0 Å². The fourth-order valence-corrected chi connectivity index (χ4v) is 2.66. The highest BCUT2D eigenvalue weighted by Gasteiger charge is 2.10. The molecule has 2 aromatic heterocycles. The van der Waals surface area contributed by atoms with Crippen molar-refractivity contribution in [2.24, 2.45) is 7.05 Å². The molecule has 0 fully saturated rings. The van der Waals surface area contributed by atoms with Gasteiger partial charge in [0.15, 0.2) is 0 Å². The van der Waals surface area contributed by atoms with Gasteiger partial charge in [-0.3, -0.25) is 9.58 Å². The van der Waals surface area contributed by atoms with Crippen LogP contribution in [0.2, 0.25) is 0 Å². The molecule has 0 radical (unpaired) electrons. The Morgan fingerprint density at radius 1 is 1.22 bits per heavy atom. The number of ether oxygens (including phenoxy) is 1. The molecule has 120 valence electrons. The highest BCUT2D eigenvalue weighted by molar-refractivity contribution is 5.45. The second-order valence-corrected chi connectivity index (χ2v) is 5.64. The topological polar surface area (TPSA) is 48.1 Å². The van der Waals surface area contributed by atoms with Gasteiger partial charge in [-0.1, -0.05) is 0 Å². The predicted molar refractivity (Wildman–Crippen MR) is 88.5 cm³/mol. The number of hydrogen-bond acceptors (Lipinski definition) is 4. The van der Waals surface area contributed by atoms with Crippen LogP contribution >= 0.6 is 0 Å². The van der Waals surface area contributed by atoms with Gasteiger partial charge in [-0.05, 0) is 36.9 Å². The van der Waals surface area contributed by atoms with Crippen LogP contribution in [-0.4, -0.2) is 38.6 Å². The Hall–Kier alpha value is -2.60. The second kappa shape index (κ2) is 6.66. The highest BCUT2D eigenvalue weighted by Crippen LogP contribution is 2.22. The lowest BCUT2D eigenvalue weighted by atomic mass is 10.1. The number of aryl methyl sites for hydroxylation is 1. The fraction of sp³-hybridized carbons (Fsp3) is 0.294. The van der Waals surface area contributed by atoms with Gasteiger partial charge in [0.05, 0.1) is 19.0 Å². The first kappa shape index (κ1) is 15.3. The minimum absolute atomic E-state index is 0.793. The van der Waals surface area contributed by atoms with Crippen molar-refractivity contribution in [1.82, 2.24) is 24.5 Å². The maximum atomic E-state index is 5.37. The largest absolute Gasteiger partial charge is 0.497 e. The lowest BCUT2D eigenvalue weighted by Gasteiger charge is -2.19. The maximum absolute atomic E-state index is 5.37. The van der Waals surface area contributed by atoms with E-state index in [1.54, 1.807) is 13.3 Å². The van der Waals surface area contributed by atoms with Gasteiger partial charge in [-0.25, -0.2) is 4.68 Å². The minimum Gasteiger partial charge on any atom is -0.497 e. The van der Waals surface area contributed by atoms with Gasteiger partial charge in [0.2, 0.25) is 0 Å². The molecule has 6 heteroatoms. The van der Waals surface area contributed by atoms with Gasteiger partial charge in [-0.15, -0.1) is 0 Å². The molecular formula is C17H21N5O. The minimum atomic E-state index is 0.793. The van der Waals surface area contributed by atoms with Crippen molar-refractivity contribution in [3.63, 3.8) is 0 Å². The summed E-state index contributed by atoms with van der Waals surface area (Å²) in [6.07, 6.45) is 7.67. The summed E-state index contributed by atoms with van der Waals surface area (Å²) in [4.78, 5) is 2.25. The van der Waals surface area contributed by atoms with E-state index in [0.29, 0.717) is 0 Å². The van der Waals surface area contributed by atoms with Crippen LogP contribution in [0.5, 0.6) is 5.75 Å². The van der Waals surface area contributed by atoms with E-state index in [2.05, 4.69) is 28.2 Å². The van der Waals surface area contributed by atoms with Crippen molar-refractivity contribution in [2.75, 3.05) is 14.2 Å². The van der Waals surface area contributed by atoms with Crippen LogP contribution in [0.4, 0.5) is 0 Å². The SMILES string of the molecule is COc1ccc(-n2cccn2)c(CN(C)Cc2cnn(C)c2)c1. The summed E-state index contributed by atoms with van der Waals surface area (Å²) in [5.74, 6) is 0.852. The van der Waals surface area contributed by atoms with Gasteiger partial charge in [0, 0.05) is 44.3 Å². The predicted octanol–water partition coefficient (Wildman–Crippen LogP) is 2.25. The number of aromatic nitrogens is 4. The lowest BCUT2D eigenvalue weighted by molar-refractivity contribution is 0.317. The van der Waals surface area contributed by atoms with Gasteiger partial charge in [0.1, 0.15) is 5.75 Å². The first-order valence-electron chi connectivity index (χ1n) is 7.48. The molecule has 3 rings (SSSR count). The van der Waals surface area contributed by atoms with Crippen molar-refractivity contribution in [1.29, 1.82) is 0 Å². The van der Waals surface area contributed by atoms with Gasteiger partial charge < -0.3 is 4.74 Å². The van der Waals surface area contributed by atoms with E-state index in [9.17, 15) is 0 Å². The Balaban J connectivity index is 1.82. The molecule has 0 unspecified atom stereocenters. The number of nitrogens with zero attached hydrogens (tertiary/aromatic N) is 5. The lowest BCUT2D eigenvalue weighted by Crippen LogP contribution is -2.18. The first-order chi connectivity index (χ1) is 11.2. The van der Waals surface area contributed by atoms with Gasteiger partial charge in [0.25, 0.3) is 0 Å². The molecule has 0 aliphatic rings. The molecule has 0 aliphatic carbocycles. The normalized spacial score (nSPS) is 11.1. The van der Waals surface area contributed by atoms with E-state index in [1.807, 2.05) is 53.2 Å². The molecule has 0 amide bonds. The van der Waals surface area contributed by atoms with E-state index >= 15 is 0 Å². The zero-order valence-corrected chi connectivity index (χ0v) is 13.7. The van der Waals surface area contributed by atoms with Crippen molar-refractivity contribution in [2.45, 2.75) is 13.1 Å². The van der Waals surface area contributed by atoms with Crippen molar-refractivity contribution < 1.29 is 4.74 Å². The third-order valence-corrected chi connectivity index (χ3v) is 3.69. The van der Waals surface area contributed by atoms with Crippen LogP contribution in [0.1, 0.15) is 11.1 Å². The fourth-order valence-electron chi connectivity index (χ4n) is 2.66. The molecule has 3 aromatic rings. The van der Waals surface area contributed by atoms with Crippen molar-refractivity contribution >= 4 is 0 Å². The molecule has 0 aliphatic heterocycles. The average Bonchev–Trinajstić information content (AvgIpc) is 3.19. The Bertz CT molecular complexity index is 763. The third kappa shape index (κ3) is 3.60. The molecule has 1 aromatic carbocycles. The maximum Gasteiger partial charge on any atom is 0.119 e. The van der Waals surface area contributed by atoms with Crippen LogP contribution in [-0.2, 0) is 20.1 Å². The smallest absolute Gasteiger partial charge is 0.119 e. The van der Waals surface area contributed by atoms with Crippen LogP contribution in [0.3, 0.4) is 0 Å². The Morgan fingerprint density at radius 2 is 2.09 bits per heavy atom. The van der Waals surface area contributed by atoms with E-state index in [1.165, 1.54) is 11.1 Å². The van der Waals surface area contributed by atoms with Gasteiger partial charge in [-0.2, -0.15) is 10.2 Å². The number of methoxy groups -OCH3 is 1. The van der Waals surface area contributed by atoms with Crippen molar-refractivity contribution in [3.05, 3.63) is 60.2 Å². The van der Waals surface area contributed by atoms with Crippen molar-refractivity contribution in [3.8, 4) is 11.4 Å². The molecular weight excluding hydrogens is 290 g/mol. The molecule has 0 saturated heterocycles. The summed E-state index contributed by atoms with van der Waals surface area (Å²) in [7, 11) is 5.72. The Morgan fingerprint density at radius 3 is 2.74 bits per heavy atom. The van der Waals surface area contributed by atoms with Crippen LogP contribution in [0.25, 0.3) is 5.69 Å². The molecule has 23 heavy (non-hydrogen) atoms. The molecule has 0 bridgehead atoms. The summed E-state index contributed by atoms with van der Waals surface area (Å²) in [6.45, 7) is 1.63. The summed E-state index contributed by atoms with van der Waals surface area (Å²) in [6, 6.07) is 7.99. The quantitative estimate of drug-likeness (QED) is 0.700. The zero-order chi connectivity index (χ0) is 16.2. The van der Waals surface area contributed by atoms with Crippen LogP contribution in [0.15, 0.2) is 49.1 Å². The average molecular weight is 311 g/mol. The third-order valence-electron chi connectivity index (χ3n) is 3.69. The molecule has 0 atom stereocenters. The molecule has 0 spiro atoms. The first-order valence-corrected chi connectivity index (χ1v) is 7.48. The Labute approximate surface area is 135 Å². The highest BCUT2D eigenvalue weighted by atomic mass is 16.5. The summed E-state index contributed by atoms with van der Waals surface area (Å²) in [5.41, 5.74) is 3.42. The molecule has 6 nitrogen and oxygen atoms in total. The monoisotopic (exact) mass is 311 g/mol. The summed E-state index contributed by atoms with van der Waals surface area (Å²) < 4.78 is 9.07. The Kier molecular flexibility index (Phi) is 4.43. The molecule has 0 saturated carbocycles. The van der Waals surface area contributed by atoms with Crippen LogP contribution in [0, 0.1) is 0 Å². The summed E-state index contributed by atoms with van der Waals surface area (Å²) in [5, 5.41) is 8.56. The number of benzene rings is 1.